The highest BCUT2D eigenvalue weighted by atomic mass is 32.1. The summed E-state index contributed by atoms with van der Waals surface area (Å²) in [5.41, 5.74) is -0.00880. The van der Waals surface area contributed by atoms with Crippen molar-refractivity contribution >= 4 is 28.9 Å². The van der Waals surface area contributed by atoms with Crippen LogP contribution in [-0.2, 0) is 0 Å². The molecule has 0 unspecified atom stereocenters. The highest BCUT2D eigenvalue weighted by molar-refractivity contribution is 7.12. The molecule has 0 spiro atoms. The summed E-state index contributed by atoms with van der Waals surface area (Å²) in [6.45, 7) is 0. The Kier molecular flexibility index (Phi) is 3.24. The lowest BCUT2D eigenvalue weighted by Crippen LogP contribution is -2.16. The minimum atomic E-state index is -1.11. The second-order valence-corrected chi connectivity index (χ2v) is 4.28. The fourth-order valence-corrected chi connectivity index (χ4v) is 2.04. The fourth-order valence-electron chi connectivity index (χ4n) is 1.35. The van der Waals surface area contributed by atoms with E-state index in [4.69, 9.17) is 5.11 Å². The van der Waals surface area contributed by atoms with Gasteiger partial charge in [0.15, 0.2) is 0 Å². The Balaban J connectivity index is 2.24. The van der Waals surface area contributed by atoms with E-state index in [-0.39, 0.29) is 16.1 Å². The summed E-state index contributed by atoms with van der Waals surface area (Å²) in [6.07, 6.45) is 1.35. The van der Waals surface area contributed by atoms with Crippen molar-refractivity contribution in [3.05, 3.63) is 50.6 Å². The minimum absolute atomic E-state index is 0.0493. The lowest BCUT2D eigenvalue weighted by molar-refractivity contribution is 0.0703. The third-order valence-electron chi connectivity index (χ3n) is 2.14. The molecule has 0 saturated heterocycles. The third kappa shape index (κ3) is 2.46. The van der Waals surface area contributed by atoms with Gasteiger partial charge < -0.3 is 15.4 Å². The smallest absolute Gasteiger partial charge is 0.348 e. The molecule has 7 heteroatoms. The van der Waals surface area contributed by atoms with Crippen LogP contribution in [0.4, 0.5) is 5.69 Å². The number of carbonyl (C=O) groups is 2. The third-order valence-corrected chi connectivity index (χ3v) is 3.05. The van der Waals surface area contributed by atoms with E-state index in [0.29, 0.717) is 0 Å². The number of carbonyl (C=O) groups excluding carboxylic acids is 1. The molecule has 1 amide bonds. The normalized spacial score (nSPS) is 10.0. The van der Waals surface area contributed by atoms with Gasteiger partial charge in [0.2, 0.25) is 5.56 Å². The summed E-state index contributed by atoms with van der Waals surface area (Å²) in [4.78, 5) is 36.1. The van der Waals surface area contributed by atoms with Crippen LogP contribution in [0.2, 0.25) is 0 Å². The number of nitrogens with one attached hydrogen (secondary N) is 2. The molecule has 2 aromatic rings. The molecular weight excluding hydrogens is 256 g/mol. The number of anilines is 1. The SMILES string of the molecule is O=C(Nc1ccsc1C(=O)O)c1cc[nH]c(=O)c1. The summed E-state index contributed by atoms with van der Waals surface area (Å²) in [5.74, 6) is -1.63. The molecule has 0 atom stereocenters. The zero-order valence-corrected chi connectivity index (χ0v) is 9.78. The maximum atomic E-state index is 11.8. The van der Waals surface area contributed by atoms with Crippen LogP contribution in [0.5, 0.6) is 0 Å². The molecule has 0 bridgehead atoms. The molecule has 92 valence electrons. The Bertz CT molecular complexity index is 659. The van der Waals surface area contributed by atoms with Crippen molar-refractivity contribution in [3.63, 3.8) is 0 Å². The van der Waals surface area contributed by atoms with E-state index in [2.05, 4.69) is 10.3 Å². The van der Waals surface area contributed by atoms with E-state index in [1.807, 2.05) is 0 Å². The monoisotopic (exact) mass is 264 g/mol. The van der Waals surface area contributed by atoms with Crippen molar-refractivity contribution in [2.45, 2.75) is 0 Å². The number of carboxylic acid groups (broad SMARTS) is 1. The topological polar surface area (TPSA) is 99.3 Å². The van der Waals surface area contributed by atoms with Crippen LogP contribution in [0.1, 0.15) is 20.0 Å². The van der Waals surface area contributed by atoms with Gasteiger partial charge in [-0.25, -0.2) is 4.79 Å². The number of aromatic nitrogens is 1. The van der Waals surface area contributed by atoms with Gasteiger partial charge in [-0.2, -0.15) is 0 Å². The van der Waals surface area contributed by atoms with E-state index in [9.17, 15) is 14.4 Å². The van der Waals surface area contributed by atoms with Gasteiger partial charge in [0.1, 0.15) is 4.88 Å². The second-order valence-electron chi connectivity index (χ2n) is 3.36. The summed E-state index contributed by atoms with van der Waals surface area (Å²) < 4.78 is 0. The average molecular weight is 264 g/mol. The van der Waals surface area contributed by atoms with Crippen LogP contribution in [-0.4, -0.2) is 22.0 Å². The fraction of sp³-hybridized carbons (Fsp3) is 0. The van der Waals surface area contributed by atoms with Crippen molar-refractivity contribution in [1.82, 2.24) is 4.98 Å². The Morgan fingerprint density at radius 1 is 1.33 bits per heavy atom. The van der Waals surface area contributed by atoms with Crippen molar-refractivity contribution in [1.29, 1.82) is 0 Å². The summed E-state index contributed by atoms with van der Waals surface area (Å²) >= 11 is 1.02. The number of pyridine rings is 1. The van der Waals surface area contributed by atoms with Crippen LogP contribution in [0.3, 0.4) is 0 Å². The predicted molar refractivity (Wildman–Crippen MR) is 66.3 cm³/mol. The highest BCUT2D eigenvalue weighted by Crippen LogP contribution is 2.22. The maximum absolute atomic E-state index is 11.8. The van der Waals surface area contributed by atoms with Crippen molar-refractivity contribution in [3.8, 4) is 0 Å². The molecule has 3 N–H and O–H groups in total. The minimum Gasteiger partial charge on any atom is -0.477 e. The first kappa shape index (κ1) is 12.1. The van der Waals surface area contributed by atoms with Crippen LogP contribution in [0, 0.1) is 0 Å². The number of carboxylic acids is 1. The largest absolute Gasteiger partial charge is 0.477 e. The molecule has 18 heavy (non-hydrogen) atoms. The van der Waals surface area contributed by atoms with Gasteiger partial charge in [-0.15, -0.1) is 11.3 Å². The number of hydrogen-bond donors (Lipinski definition) is 3. The Hall–Kier alpha value is -2.41. The van der Waals surface area contributed by atoms with Crippen LogP contribution in [0.15, 0.2) is 34.6 Å². The summed E-state index contributed by atoms with van der Waals surface area (Å²) in [5, 5.41) is 12.9. The van der Waals surface area contributed by atoms with Gasteiger partial charge in [0.25, 0.3) is 5.91 Å². The number of rotatable bonds is 3. The lowest BCUT2D eigenvalue weighted by atomic mass is 10.2. The second kappa shape index (κ2) is 4.84. The van der Waals surface area contributed by atoms with Gasteiger partial charge in [0, 0.05) is 17.8 Å². The van der Waals surface area contributed by atoms with Crippen molar-refractivity contribution < 1.29 is 14.7 Å². The number of aromatic amines is 1. The lowest BCUT2D eigenvalue weighted by Gasteiger charge is -2.03. The first-order valence-electron chi connectivity index (χ1n) is 4.89. The molecule has 0 aliphatic rings. The first-order chi connectivity index (χ1) is 8.58. The molecule has 0 radical (unpaired) electrons. The summed E-state index contributed by atoms with van der Waals surface area (Å²) in [7, 11) is 0. The van der Waals surface area contributed by atoms with Gasteiger partial charge >= 0.3 is 5.97 Å². The standard InChI is InChI=1S/C11H8N2O4S/c14-8-5-6(1-3-12-8)10(15)13-7-2-4-18-9(7)11(16)17/h1-5H,(H,12,14)(H,13,15)(H,16,17). The number of amides is 1. The molecule has 2 rings (SSSR count). The highest BCUT2D eigenvalue weighted by Gasteiger charge is 2.14. The molecule has 0 aromatic carbocycles. The first-order valence-corrected chi connectivity index (χ1v) is 5.77. The molecule has 2 heterocycles. The van der Waals surface area contributed by atoms with Crippen molar-refractivity contribution in [2.75, 3.05) is 5.32 Å². The van der Waals surface area contributed by atoms with Gasteiger partial charge in [0.05, 0.1) is 5.69 Å². The van der Waals surface area contributed by atoms with E-state index in [1.54, 1.807) is 5.38 Å². The van der Waals surface area contributed by atoms with Gasteiger partial charge in [-0.05, 0) is 17.5 Å². The Labute approximate surface area is 105 Å². The van der Waals surface area contributed by atoms with E-state index in [0.717, 1.165) is 17.4 Å². The summed E-state index contributed by atoms with van der Waals surface area (Å²) in [6, 6.07) is 4.07. The quantitative estimate of drug-likeness (QED) is 0.779. The van der Waals surface area contributed by atoms with Gasteiger partial charge in [-0.3, -0.25) is 9.59 Å². The number of aromatic carboxylic acids is 1. The van der Waals surface area contributed by atoms with Crippen LogP contribution < -0.4 is 10.9 Å². The Morgan fingerprint density at radius 3 is 2.78 bits per heavy atom. The number of thiophene rings is 1. The van der Waals surface area contributed by atoms with E-state index >= 15 is 0 Å². The Morgan fingerprint density at radius 2 is 2.11 bits per heavy atom. The maximum Gasteiger partial charge on any atom is 0.348 e. The number of H-pyrrole nitrogens is 1. The molecule has 0 saturated carbocycles. The van der Waals surface area contributed by atoms with E-state index in [1.165, 1.54) is 18.3 Å². The van der Waals surface area contributed by atoms with E-state index < -0.39 is 17.4 Å². The zero-order chi connectivity index (χ0) is 13.1. The molecule has 2 aromatic heterocycles. The van der Waals surface area contributed by atoms with Gasteiger partial charge in [-0.1, -0.05) is 0 Å². The predicted octanol–water partition coefficient (Wildman–Crippen LogP) is 1.39. The molecule has 0 aliphatic carbocycles. The number of hydrogen-bond acceptors (Lipinski definition) is 4. The van der Waals surface area contributed by atoms with Crippen LogP contribution in [0.25, 0.3) is 0 Å². The molecular formula is C11H8N2O4S. The molecule has 0 aliphatic heterocycles. The zero-order valence-electron chi connectivity index (χ0n) is 8.97. The average Bonchev–Trinajstić information content (AvgIpc) is 2.77. The molecule has 6 nitrogen and oxygen atoms in total. The van der Waals surface area contributed by atoms with Crippen LogP contribution >= 0.6 is 11.3 Å². The molecule has 0 fully saturated rings. The van der Waals surface area contributed by atoms with Crippen molar-refractivity contribution in [2.24, 2.45) is 0 Å².